The standard InChI is InChI=1S/C28H29NO5/c1-19(2)22-10-14-25(15-11-22)34-26(17-21-8-12-24(30)13-9-21)27(31)29-23(18-33-28(29)32)16-20-6-4-3-5-7-20/h3-15,19,23,26,30H,16-18H2,1-2H3. The first-order valence-corrected chi connectivity index (χ1v) is 11.5. The van der Waals surface area contributed by atoms with E-state index >= 15 is 0 Å². The molecule has 6 heteroatoms. The summed E-state index contributed by atoms with van der Waals surface area (Å²) in [7, 11) is 0. The molecule has 2 unspecified atom stereocenters. The van der Waals surface area contributed by atoms with E-state index < -0.39 is 24.1 Å². The molecule has 0 aliphatic carbocycles. The molecule has 2 atom stereocenters. The molecule has 3 aromatic carbocycles. The Morgan fingerprint density at radius 2 is 1.68 bits per heavy atom. The van der Waals surface area contributed by atoms with Crippen molar-refractivity contribution in [3.05, 3.63) is 95.6 Å². The van der Waals surface area contributed by atoms with E-state index in [-0.39, 0.29) is 18.8 Å². The Kier molecular flexibility index (Phi) is 7.16. The topological polar surface area (TPSA) is 76.1 Å². The van der Waals surface area contributed by atoms with Crippen molar-refractivity contribution in [3.63, 3.8) is 0 Å². The van der Waals surface area contributed by atoms with E-state index in [0.29, 0.717) is 18.1 Å². The monoisotopic (exact) mass is 459 g/mol. The number of amides is 2. The Morgan fingerprint density at radius 1 is 1.00 bits per heavy atom. The molecule has 1 N–H and O–H groups in total. The van der Waals surface area contributed by atoms with E-state index in [9.17, 15) is 14.7 Å². The zero-order valence-corrected chi connectivity index (χ0v) is 19.4. The highest BCUT2D eigenvalue weighted by Gasteiger charge is 2.41. The summed E-state index contributed by atoms with van der Waals surface area (Å²) in [5, 5.41) is 9.62. The molecule has 1 aliphatic heterocycles. The minimum Gasteiger partial charge on any atom is -0.508 e. The molecule has 1 saturated heterocycles. The Bertz CT molecular complexity index is 1110. The number of cyclic esters (lactones) is 1. The average molecular weight is 460 g/mol. The Morgan fingerprint density at radius 3 is 2.32 bits per heavy atom. The largest absolute Gasteiger partial charge is 0.508 e. The molecule has 176 valence electrons. The van der Waals surface area contributed by atoms with Crippen LogP contribution in [0.1, 0.15) is 36.5 Å². The van der Waals surface area contributed by atoms with Gasteiger partial charge >= 0.3 is 6.09 Å². The summed E-state index contributed by atoms with van der Waals surface area (Å²) in [6, 6.07) is 23.6. The number of aromatic hydroxyl groups is 1. The molecular weight excluding hydrogens is 430 g/mol. The summed E-state index contributed by atoms with van der Waals surface area (Å²) in [6.07, 6.45) is -0.834. The van der Waals surface area contributed by atoms with E-state index in [2.05, 4.69) is 13.8 Å². The molecule has 0 bridgehead atoms. The normalized spacial score (nSPS) is 16.4. The van der Waals surface area contributed by atoms with E-state index in [1.54, 1.807) is 24.3 Å². The lowest BCUT2D eigenvalue weighted by molar-refractivity contribution is -0.136. The molecule has 0 radical (unpaired) electrons. The van der Waals surface area contributed by atoms with Crippen molar-refractivity contribution in [1.82, 2.24) is 4.90 Å². The Hall–Kier alpha value is -3.80. The van der Waals surface area contributed by atoms with Crippen molar-refractivity contribution in [2.75, 3.05) is 6.61 Å². The predicted molar refractivity (Wildman–Crippen MR) is 129 cm³/mol. The molecule has 34 heavy (non-hydrogen) atoms. The second kappa shape index (κ2) is 10.4. The van der Waals surface area contributed by atoms with Crippen molar-refractivity contribution in [1.29, 1.82) is 0 Å². The lowest BCUT2D eigenvalue weighted by Crippen LogP contribution is -2.48. The van der Waals surface area contributed by atoms with Gasteiger partial charge in [0.15, 0.2) is 6.10 Å². The van der Waals surface area contributed by atoms with E-state index in [4.69, 9.17) is 9.47 Å². The molecule has 1 fully saturated rings. The van der Waals surface area contributed by atoms with Crippen LogP contribution in [0.2, 0.25) is 0 Å². The van der Waals surface area contributed by atoms with Crippen molar-refractivity contribution in [3.8, 4) is 11.5 Å². The number of rotatable bonds is 8. The van der Waals surface area contributed by atoms with Gasteiger partial charge in [0.2, 0.25) is 0 Å². The number of ether oxygens (including phenoxy) is 2. The van der Waals surface area contributed by atoms with Gasteiger partial charge in [-0.15, -0.1) is 0 Å². The first-order valence-electron chi connectivity index (χ1n) is 11.5. The molecule has 0 spiro atoms. The number of phenolic OH excluding ortho intramolecular Hbond substituents is 1. The summed E-state index contributed by atoms with van der Waals surface area (Å²) in [5.74, 6) is 0.627. The van der Waals surface area contributed by atoms with Gasteiger partial charge in [-0.25, -0.2) is 9.69 Å². The third kappa shape index (κ3) is 5.57. The molecule has 1 heterocycles. The van der Waals surface area contributed by atoms with Gasteiger partial charge in [0.25, 0.3) is 5.91 Å². The fourth-order valence-corrected chi connectivity index (χ4v) is 4.04. The van der Waals surface area contributed by atoms with Gasteiger partial charge < -0.3 is 14.6 Å². The molecule has 4 rings (SSSR count). The minimum absolute atomic E-state index is 0.142. The van der Waals surface area contributed by atoms with Crippen molar-refractivity contribution in [2.45, 2.75) is 44.8 Å². The number of nitrogens with zero attached hydrogens (tertiary/aromatic N) is 1. The van der Waals surface area contributed by atoms with Crippen LogP contribution in [0, 0.1) is 0 Å². The number of hydrogen-bond acceptors (Lipinski definition) is 5. The third-order valence-corrected chi connectivity index (χ3v) is 5.97. The van der Waals surface area contributed by atoms with E-state index in [0.717, 1.165) is 11.1 Å². The SMILES string of the molecule is CC(C)c1ccc(OC(Cc2ccc(O)cc2)C(=O)N2C(=O)OCC2Cc2ccccc2)cc1. The maximum atomic E-state index is 13.7. The van der Waals surface area contributed by atoms with Crippen LogP contribution in [0.15, 0.2) is 78.9 Å². The molecule has 0 saturated carbocycles. The molecule has 2 amide bonds. The maximum absolute atomic E-state index is 13.7. The summed E-state index contributed by atoms with van der Waals surface area (Å²) in [5.41, 5.74) is 2.99. The quantitative estimate of drug-likeness (QED) is 0.507. The van der Waals surface area contributed by atoms with Crippen LogP contribution in [0.4, 0.5) is 4.79 Å². The van der Waals surface area contributed by atoms with Gasteiger partial charge in [-0.3, -0.25) is 4.79 Å². The zero-order chi connectivity index (χ0) is 24.1. The second-order valence-corrected chi connectivity index (χ2v) is 8.83. The van der Waals surface area contributed by atoms with E-state index in [1.807, 2.05) is 54.6 Å². The molecule has 1 aliphatic rings. The molecule has 6 nitrogen and oxygen atoms in total. The van der Waals surface area contributed by atoms with Gasteiger partial charge in [-0.1, -0.05) is 68.4 Å². The molecule has 3 aromatic rings. The predicted octanol–water partition coefficient (Wildman–Crippen LogP) is 5.10. The number of imide groups is 1. The van der Waals surface area contributed by atoms with Crippen LogP contribution in [-0.4, -0.2) is 40.8 Å². The molecule has 0 aromatic heterocycles. The van der Waals surface area contributed by atoms with Gasteiger partial charge in [-0.2, -0.15) is 0 Å². The number of carbonyl (C=O) groups excluding carboxylic acids is 2. The fourth-order valence-electron chi connectivity index (χ4n) is 4.04. The highest BCUT2D eigenvalue weighted by molar-refractivity contribution is 5.96. The number of carbonyl (C=O) groups is 2. The number of hydrogen-bond donors (Lipinski definition) is 1. The highest BCUT2D eigenvalue weighted by Crippen LogP contribution is 2.24. The smallest absolute Gasteiger partial charge is 0.417 e. The minimum atomic E-state index is -0.932. The van der Waals surface area contributed by atoms with Crippen LogP contribution in [0.5, 0.6) is 11.5 Å². The average Bonchev–Trinajstić information content (AvgIpc) is 3.20. The van der Waals surface area contributed by atoms with Gasteiger partial charge in [0.1, 0.15) is 18.1 Å². The summed E-state index contributed by atoms with van der Waals surface area (Å²) in [4.78, 5) is 27.4. The van der Waals surface area contributed by atoms with E-state index in [1.165, 1.54) is 10.5 Å². The van der Waals surface area contributed by atoms with Crippen LogP contribution >= 0.6 is 0 Å². The zero-order valence-electron chi connectivity index (χ0n) is 19.4. The van der Waals surface area contributed by atoms with Crippen LogP contribution in [0.3, 0.4) is 0 Å². The summed E-state index contributed by atoms with van der Waals surface area (Å²) in [6.45, 7) is 4.37. The van der Waals surface area contributed by atoms with Crippen LogP contribution in [-0.2, 0) is 22.4 Å². The van der Waals surface area contributed by atoms with Gasteiger partial charge in [0, 0.05) is 6.42 Å². The third-order valence-electron chi connectivity index (χ3n) is 5.97. The maximum Gasteiger partial charge on any atom is 0.417 e. The van der Waals surface area contributed by atoms with Gasteiger partial charge in [-0.05, 0) is 53.3 Å². The number of benzene rings is 3. The lowest BCUT2D eigenvalue weighted by Gasteiger charge is -2.26. The fraction of sp³-hybridized carbons (Fsp3) is 0.286. The summed E-state index contributed by atoms with van der Waals surface area (Å²) < 4.78 is 11.4. The second-order valence-electron chi connectivity index (χ2n) is 8.83. The van der Waals surface area contributed by atoms with Crippen molar-refractivity contribution < 1.29 is 24.2 Å². The Labute approximate surface area is 199 Å². The highest BCUT2D eigenvalue weighted by atomic mass is 16.6. The van der Waals surface area contributed by atoms with Gasteiger partial charge in [0.05, 0.1) is 6.04 Å². The Balaban J connectivity index is 1.58. The molecular formula is C28H29NO5. The van der Waals surface area contributed by atoms with Crippen LogP contribution < -0.4 is 4.74 Å². The first kappa shape index (κ1) is 23.4. The number of phenols is 1. The van der Waals surface area contributed by atoms with Crippen molar-refractivity contribution in [2.24, 2.45) is 0 Å². The lowest BCUT2D eigenvalue weighted by atomic mass is 10.0. The summed E-state index contributed by atoms with van der Waals surface area (Å²) >= 11 is 0. The van der Waals surface area contributed by atoms with Crippen molar-refractivity contribution >= 4 is 12.0 Å². The first-order chi connectivity index (χ1) is 16.4. The van der Waals surface area contributed by atoms with Crippen LogP contribution in [0.25, 0.3) is 0 Å².